The number of phenolic OH excluding ortho intramolecular Hbond substituents is 1. The number of ether oxygens (including phenoxy) is 2. The summed E-state index contributed by atoms with van der Waals surface area (Å²) in [5.74, 6) is 1.84. The molecule has 2 aromatic rings. The molecule has 0 amide bonds. The van der Waals surface area contributed by atoms with Gasteiger partial charge in [0, 0.05) is 24.7 Å². The molecule has 27 heavy (non-hydrogen) atoms. The SMILES string of the molecule is C[C@@H]1COC[C@H](C)N1c1cc(-c2cccc(O)c2)nc(N2CCOCC2)n1. The first-order chi connectivity index (χ1) is 13.1. The van der Waals surface area contributed by atoms with Crippen molar-refractivity contribution in [3.05, 3.63) is 30.3 Å². The summed E-state index contributed by atoms with van der Waals surface area (Å²) < 4.78 is 11.2. The summed E-state index contributed by atoms with van der Waals surface area (Å²) in [5, 5.41) is 9.90. The van der Waals surface area contributed by atoms with Gasteiger partial charge in [-0.15, -0.1) is 0 Å². The highest BCUT2D eigenvalue weighted by atomic mass is 16.5. The Morgan fingerprint density at radius 2 is 1.74 bits per heavy atom. The molecule has 1 aromatic heterocycles. The molecular weight excluding hydrogens is 344 g/mol. The fraction of sp³-hybridized carbons (Fsp3) is 0.500. The van der Waals surface area contributed by atoms with E-state index in [0.29, 0.717) is 32.4 Å². The lowest BCUT2D eigenvalue weighted by Crippen LogP contribution is -2.50. The number of benzene rings is 1. The summed E-state index contributed by atoms with van der Waals surface area (Å²) >= 11 is 0. The van der Waals surface area contributed by atoms with Crippen LogP contribution >= 0.6 is 0 Å². The maximum Gasteiger partial charge on any atom is 0.228 e. The van der Waals surface area contributed by atoms with E-state index in [1.165, 1.54) is 0 Å². The third-order valence-corrected chi connectivity index (χ3v) is 5.07. The minimum Gasteiger partial charge on any atom is -0.508 e. The lowest BCUT2D eigenvalue weighted by atomic mass is 10.1. The van der Waals surface area contributed by atoms with Crippen molar-refractivity contribution in [2.75, 3.05) is 49.3 Å². The maximum absolute atomic E-state index is 9.90. The molecule has 7 heteroatoms. The molecule has 2 aliphatic rings. The summed E-state index contributed by atoms with van der Waals surface area (Å²) in [6, 6.07) is 9.68. The number of anilines is 2. The van der Waals surface area contributed by atoms with Crippen molar-refractivity contribution in [1.29, 1.82) is 0 Å². The van der Waals surface area contributed by atoms with Crippen molar-refractivity contribution in [3.8, 4) is 17.0 Å². The standard InChI is InChI=1S/C20H26N4O3/c1-14-12-27-13-15(2)24(14)19-11-18(16-4-3-5-17(25)10-16)21-20(22-19)23-6-8-26-9-7-23/h3-5,10-11,14-15,25H,6-9,12-13H2,1-2H3/t14-,15+. The van der Waals surface area contributed by atoms with E-state index in [1.54, 1.807) is 12.1 Å². The molecule has 7 nitrogen and oxygen atoms in total. The highest BCUT2D eigenvalue weighted by Gasteiger charge is 2.28. The minimum absolute atomic E-state index is 0.230. The third kappa shape index (κ3) is 3.84. The summed E-state index contributed by atoms with van der Waals surface area (Å²) in [6.07, 6.45) is 0. The molecule has 0 radical (unpaired) electrons. The van der Waals surface area contributed by atoms with Gasteiger partial charge in [-0.05, 0) is 26.0 Å². The van der Waals surface area contributed by atoms with Gasteiger partial charge in [-0.1, -0.05) is 12.1 Å². The smallest absolute Gasteiger partial charge is 0.228 e. The van der Waals surface area contributed by atoms with Gasteiger partial charge in [0.25, 0.3) is 0 Å². The number of hydrogen-bond acceptors (Lipinski definition) is 7. The minimum atomic E-state index is 0.230. The number of morpholine rings is 2. The van der Waals surface area contributed by atoms with Crippen LogP contribution in [0.15, 0.2) is 30.3 Å². The molecule has 2 aliphatic heterocycles. The quantitative estimate of drug-likeness (QED) is 0.889. The number of rotatable bonds is 3. The monoisotopic (exact) mass is 370 g/mol. The fourth-order valence-electron chi connectivity index (χ4n) is 3.73. The van der Waals surface area contributed by atoms with Crippen LogP contribution in [0.4, 0.5) is 11.8 Å². The van der Waals surface area contributed by atoms with Gasteiger partial charge < -0.3 is 24.4 Å². The highest BCUT2D eigenvalue weighted by Crippen LogP contribution is 2.30. The second-order valence-corrected chi connectivity index (χ2v) is 7.20. The van der Waals surface area contributed by atoms with Crippen LogP contribution in [0.1, 0.15) is 13.8 Å². The van der Waals surface area contributed by atoms with Crippen molar-refractivity contribution in [2.24, 2.45) is 0 Å². The van der Waals surface area contributed by atoms with E-state index in [2.05, 4.69) is 23.6 Å². The largest absolute Gasteiger partial charge is 0.508 e. The molecule has 3 heterocycles. The zero-order valence-corrected chi connectivity index (χ0v) is 15.8. The predicted octanol–water partition coefficient (Wildman–Crippen LogP) is 2.30. The zero-order valence-electron chi connectivity index (χ0n) is 15.8. The molecule has 0 saturated carbocycles. The molecule has 1 N–H and O–H groups in total. The van der Waals surface area contributed by atoms with E-state index in [1.807, 2.05) is 18.2 Å². The number of hydrogen-bond donors (Lipinski definition) is 1. The summed E-state index contributed by atoms with van der Waals surface area (Å²) in [6.45, 7) is 8.58. The van der Waals surface area contributed by atoms with E-state index in [-0.39, 0.29) is 17.8 Å². The Hall–Kier alpha value is -2.38. The van der Waals surface area contributed by atoms with Crippen LogP contribution < -0.4 is 9.80 Å². The van der Waals surface area contributed by atoms with Gasteiger partial charge in [0.05, 0.1) is 44.2 Å². The molecule has 144 valence electrons. The highest BCUT2D eigenvalue weighted by molar-refractivity contribution is 5.66. The normalized spacial score (nSPS) is 23.5. The zero-order chi connectivity index (χ0) is 18.8. The molecule has 0 spiro atoms. The average molecular weight is 370 g/mol. The van der Waals surface area contributed by atoms with Crippen LogP contribution in [0, 0.1) is 0 Å². The molecule has 0 bridgehead atoms. The Balaban J connectivity index is 1.78. The molecule has 1 aromatic carbocycles. The lowest BCUT2D eigenvalue weighted by molar-refractivity contribution is 0.0752. The van der Waals surface area contributed by atoms with E-state index in [4.69, 9.17) is 19.4 Å². The van der Waals surface area contributed by atoms with Crippen molar-refractivity contribution >= 4 is 11.8 Å². The van der Waals surface area contributed by atoms with Crippen molar-refractivity contribution in [2.45, 2.75) is 25.9 Å². The van der Waals surface area contributed by atoms with Gasteiger partial charge in [0.1, 0.15) is 11.6 Å². The second kappa shape index (κ2) is 7.70. The fourth-order valence-corrected chi connectivity index (χ4v) is 3.73. The Bertz CT molecular complexity index is 785. The van der Waals surface area contributed by atoms with Crippen molar-refractivity contribution in [3.63, 3.8) is 0 Å². The number of nitrogens with zero attached hydrogens (tertiary/aromatic N) is 4. The van der Waals surface area contributed by atoms with Gasteiger partial charge in [-0.25, -0.2) is 4.98 Å². The Morgan fingerprint density at radius 1 is 1.00 bits per heavy atom. The van der Waals surface area contributed by atoms with E-state index in [9.17, 15) is 5.11 Å². The maximum atomic E-state index is 9.90. The van der Waals surface area contributed by atoms with Gasteiger partial charge in [-0.2, -0.15) is 4.98 Å². The molecule has 2 fully saturated rings. The summed E-state index contributed by atoms with van der Waals surface area (Å²) in [5.41, 5.74) is 1.69. The molecular formula is C20H26N4O3. The molecule has 0 unspecified atom stereocenters. The average Bonchev–Trinajstić information content (AvgIpc) is 2.68. The van der Waals surface area contributed by atoms with Gasteiger partial charge >= 0.3 is 0 Å². The predicted molar refractivity (Wildman–Crippen MR) is 104 cm³/mol. The first-order valence-corrected chi connectivity index (χ1v) is 9.49. The van der Waals surface area contributed by atoms with Gasteiger partial charge in [0.15, 0.2) is 0 Å². The van der Waals surface area contributed by atoms with Crippen LogP contribution in [0.5, 0.6) is 5.75 Å². The number of aromatic hydroxyl groups is 1. The van der Waals surface area contributed by atoms with E-state index in [0.717, 1.165) is 30.2 Å². The summed E-state index contributed by atoms with van der Waals surface area (Å²) in [4.78, 5) is 14.2. The van der Waals surface area contributed by atoms with Gasteiger partial charge in [0.2, 0.25) is 5.95 Å². The van der Waals surface area contributed by atoms with E-state index >= 15 is 0 Å². The first-order valence-electron chi connectivity index (χ1n) is 9.49. The third-order valence-electron chi connectivity index (χ3n) is 5.07. The number of aromatic nitrogens is 2. The first kappa shape index (κ1) is 18.0. The van der Waals surface area contributed by atoms with E-state index < -0.39 is 0 Å². The topological polar surface area (TPSA) is 71.0 Å². The number of phenols is 1. The molecule has 2 saturated heterocycles. The summed E-state index contributed by atoms with van der Waals surface area (Å²) in [7, 11) is 0. The van der Waals surface area contributed by atoms with Crippen LogP contribution in [0.3, 0.4) is 0 Å². The van der Waals surface area contributed by atoms with Gasteiger partial charge in [-0.3, -0.25) is 0 Å². The van der Waals surface area contributed by atoms with Crippen LogP contribution in [0.2, 0.25) is 0 Å². The van der Waals surface area contributed by atoms with Crippen molar-refractivity contribution < 1.29 is 14.6 Å². The Morgan fingerprint density at radius 3 is 2.44 bits per heavy atom. The molecule has 0 aliphatic carbocycles. The molecule has 4 rings (SSSR count). The van der Waals surface area contributed by atoms with Crippen LogP contribution in [-0.4, -0.2) is 66.7 Å². The lowest BCUT2D eigenvalue weighted by Gasteiger charge is -2.40. The Labute approximate surface area is 159 Å². The van der Waals surface area contributed by atoms with Crippen molar-refractivity contribution in [1.82, 2.24) is 9.97 Å². The van der Waals surface area contributed by atoms with Crippen LogP contribution in [0.25, 0.3) is 11.3 Å². The second-order valence-electron chi connectivity index (χ2n) is 7.20. The Kier molecular flexibility index (Phi) is 5.13. The molecule has 2 atom stereocenters. The van der Waals surface area contributed by atoms with Crippen LogP contribution in [-0.2, 0) is 9.47 Å².